The van der Waals surface area contributed by atoms with Gasteiger partial charge in [0.2, 0.25) is 5.91 Å². The first-order valence-corrected chi connectivity index (χ1v) is 9.07. The van der Waals surface area contributed by atoms with E-state index < -0.39 is 0 Å². The molecule has 1 unspecified atom stereocenters. The van der Waals surface area contributed by atoms with Gasteiger partial charge in [0.05, 0.1) is 0 Å². The highest BCUT2D eigenvalue weighted by Gasteiger charge is 2.25. The summed E-state index contributed by atoms with van der Waals surface area (Å²) < 4.78 is 5.46. The van der Waals surface area contributed by atoms with Gasteiger partial charge < -0.3 is 19.6 Å². The predicted molar refractivity (Wildman–Crippen MR) is 93.4 cm³/mol. The third-order valence-electron chi connectivity index (χ3n) is 4.95. The van der Waals surface area contributed by atoms with Crippen LogP contribution in [0.1, 0.15) is 36.0 Å². The van der Waals surface area contributed by atoms with Crippen LogP contribution in [0.4, 0.5) is 0 Å². The van der Waals surface area contributed by atoms with Crippen LogP contribution in [0.25, 0.3) is 0 Å². The number of ether oxygens (including phenoxy) is 1. The Morgan fingerprint density at radius 1 is 1.12 bits per heavy atom. The van der Waals surface area contributed by atoms with Crippen molar-refractivity contribution in [3.63, 3.8) is 0 Å². The quantitative estimate of drug-likeness (QED) is 0.907. The van der Waals surface area contributed by atoms with Crippen LogP contribution in [0, 0.1) is 5.92 Å². The summed E-state index contributed by atoms with van der Waals surface area (Å²) >= 11 is 0. The Morgan fingerprint density at radius 3 is 2.68 bits per heavy atom. The SMILES string of the molecule is O=C(CC1CCCOC1)N1CCCN(C(=O)c2cccc(O)c2)CC1. The molecule has 6 heteroatoms. The normalized spacial score (nSPS) is 21.7. The number of carbonyl (C=O) groups excluding carboxylic acids is 2. The molecule has 2 aliphatic heterocycles. The molecule has 0 aromatic heterocycles. The van der Waals surface area contributed by atoms with E-state index in [2.05, 4.69) is 0 Å². The molecule has 2 saturated heterocycles. The van der Waals surface area contributed by atoms with Crippen molar-refractivity contribution in [2.24, 2.45) is 5.92 Å². The highest BCUT2D eigenvalue weighted by atomic mass is 16.5. The molecule has 3 rings (SSSR count). The van der Waals surface area contributed by atoms with E-state index in [1.807, 2.05) is 4.90 Å². The summed E-state index contributed by atoms with van der Waals surface area (Å²) in [5.74, 6) is 0.495. The van der Waals surface area contributed by atoms with E-state index in [0.717, 1.165) is 25.9 Å². The van der Waals surface area contributed by atoms with E-state index in [0.29, 0.717) is 50.7 Å². The number of benzene rings is 1. The zero-order valence-corrected chi connectivity index (χ0v) is 14.5. The fraction of sp³-hybridized carbons (Fsp3) is 0.579. The lowest BCUT2D eigenvalue weighted by molar-refractivity contribution is -0.133. The highest BCUT2D eigenvalue weighted by molar-refractivity contribution is 5.94. The van der Waals surface area contributed by atoms with Gasteiger partial charge >= 0.3 is 0 Å². The van der Waals surface area contributed by atoms with Crippen LogP contribution in [0.15, 0.2) is 24.3 Å². The number of phenols is 1. The van der Waals surface area contributed by atoms with Gasteiger partial charge in [-0.3, -0.25) is 9.59 Å². The van der Waals surface area contributed by atoms with Crippen molar-refractivity contribution < 1.29 is 19.4 Å². The van der Waals surface area contributed by atoms with Crippen LogP contribution in [-0.2, 0) is 9.53 Å². The smallest absolute Gasteiger partial charge is 0.254 e. The molecule has 25 heavy (non-hydrogen) atoms. The lowest BCUT2D eigenvalue weighted by Gasteiger charge is -2.26. The van der Waals surface area contributed by atoms with Crippen LogP contribution >= 0.6 is 0 Å². The second kappa shape index (κ2) is 8.34. The number of rotatable bonds is 3. The lowest BCUT2D eigenvalue weighted by atomic mass is 9.98. The van der Waals surface area contributed by atoms with E-state index in [1.165, 1.54) is 6.07 Å². The Labute approximate surface area is 148 Å². The van der Waals surface area contributed by atoms with Crippen molar-refractivity contribution in [3.05, 3.63) is 29.8 Å². The van der Waals surface area contributed by atoms with Gasteiger partial charge in [-0.1, -0.05) is 6.07 Å². The first kappa shape index (κ1) is 17.7. The number of carbonyl (C=O) groups is 2. The first-order valence-electron chi connectivity index (χ1n) is 9.07. The average molecular weight is 346 g/mol. The fourth-order valence-electron chi connectivity index (χ4n) is 3.54. The molecule has 6 nitrogen and oxygen atoms in total. The summed E-state index contributed by atoms with van der Waals surface area (Å²) in [5.41, 5.74) is 0.485. The second-order valence-electron chi connectivity index (χ2n) is 6.86. The minimum Gasteiger partial charge on any atom is -0.508 e. The zero-order valence-electron chi connectivity index (χ0n) is 14.5. The zero-order chi connectivity index (χ0) is 17.6. The van der Waals surface area contributed by atoms with Crippen molar-refractivity contribution >= 4 is 11.8 Å². The predicted octanol–water partition coefficient (Wildman–Crippen LogP) is 1.88. The molecule has 136 valence electrons. The molecule has 2 heterocycles. The molecular weight excluding hydrogens is 320 g/mol. The third kappa shape index (κ3) is 4.72. The summed E-state index contributed by atoms with van der Waals surface area (Å²) in [6, 6.07) is 6.41. The Balaban J connectivity index is 1.54. The van der Waals surface area contributed by atoms with Crippen molar-refractivity contribution in [1.29, 1.82) is 0 Å². The van der Waals surface area contributed by atoms with Gasteiger partial charge in [0, 0.05) is 51.4 Å². The molecule has 0 radical (unpaired) electrons. The molecule has 2 amide bonds. The minimum absolute atomic E-state index is 0.0900. The van der Waals surface area contributed by atoms with Crippen LogP contribution in [0.5, 0.6) is 5.75 Å². The second-order valence-corrected chi connectivity index (χ2v) is 6.86. The van der Waals surface area contributed by atoms with Gasteiger partial charge in [0.15, 0.2) is 0 Å². The van der Waals surface area contributed by atoms with E-state index in [1.54, 1.807) is 23.1 Å². The van der Waals surface area contributed by atoms with Crippen LogP contribution in [0.2, 0.25) is 0 Å². The number of nitrogens with zero attached hydrogens (tertiary/aromatic N) is 2. The maximum atomic E-state index is 12.6. The van der Waals surface area contributed by atoms with Crippen molar-refractivity contribution in [2.45, 2.75) is 25.7 Å². The summed E-state index contributed by atoms with van der Waals surface area (Å²) in [7, 11) is 0. The number of amides is 2. The Morgan fingerprint density at radius 2 is 1.92 bits per heavy atom. The van der Waals surface area contributed by atoms with Gasteiger partial charge in [0.1, 0.15) is 5.75 Å². The Bertz CT molecular complexity index is 613. The van der Waals surface area contributed by atoms with Crippen LogP contribution in [0.3, 0.4) is 0 Å². The number of aromatic hydroxyl groups is 1. The summed E-state index contributed by atoms with van der Waals surface area (Å²) in [6.07, 6.45) is 3.41. The first-order chi connectivity index (χ1) is 12.1. The molecule has 1 N–H and O–H groups in total. The van der Waals surface area contributed by atoms with Crippen molar-refractivity contribution in [2.75, 3.05) is 39.4 Å². The third-order valence-corrected chi connectivity index (χ3v) is 4.95. The molecule has 2 fully saturated rings. The van der Waals surface area contributed by atoms with E-state index in [-0.39, 0.29) is 17.6 Å². The lowest BCUT2D eigenvalue weighted by Crippen LogP contribution is -2.38. The summed E-state index contributed by atoms with van der Waals surface area (Å²) in [5, 5.41) is 9.55. The highest BCUT2D eigenvalue weighted by Crippen LogP contribution is 2.19. The van der Waals surface area contributed by atoms with Gasteiger partial charge in [0.25, 0.3) is 5.91 Å². The van der Waals surface area contributed by atoms with Crippen molar-refractivity contribution in [3.8, 4) is 5.75 Å². The number of hydrogen-bond donors (Lipinski definition) is 1. The molecule has 0 bridgehead atoms. The fourth-order valence-corrected chi connectivity index (χ4v) is 3.54. The molecular formula is C19H26N2O4. The van der Waals surface area contributed by atoms with Crippen LogP contribution in [-0.4, -0.2) is 66.1 Å². The van der Waals surface area contributed by atoms with E-state index in [4.69, 9.17) is 4.74 Å². The number of hydrogen-bond acceptors (Lipinski definition) is 4. The van der Waals surface area contributed by atoms with Crippen molar-refractivity contribution in [1.82, 2.24) is 9.80 Å². The summed E-state index contributed by atoms with van der Waals surface area (Å²) in [6.45, 7) is 3.90. The van der Waals surface area contributed by atoms with Crippen LogP contribution < -0.4 is 0 Å². The number of phenolic OH excluding ortho intramolecular Hbond substituents is 1. The van der Waals surface area contributed by atoms with Gasteiger partial charge in [-0.2, -0.15) is 0 Å². The van der Waals surface area contributed by atoms with Gasteiger partial charge in [-0.15, -0.1) is 0 Å². The average Bonchev–Trinajstić information content (AvgIpc) is 2.88. The molecule has 1 atom stereocenters. The molecule has 0 aliphatic carbocycles. The maximum Gasteiger partial charge on any atom is 0.254 e. The maximum absolute atomic E-state index is 12.6. The topological polar surface area (TPSA) is 70.1 Å². The minimum atomic E-state index is -0.0918. The van der Waals surface area contributed by atoms with E-state index in [9.17, 15) is 14.7 Å². The molecule has 2 aliphatic rings. The largest absolute Gasteiger partial charge is 0.508 e. The standard InChI is InChI=1S/C19H26N2O4/c22-17-6-1-5-16(13-17)19(24)21-8-3-7-20(9-10-21)18(23)12-15-4-2-11-25-14-15/h1,5-6,13,15,22H,2-4,7-12,14H2. The van der Waals surface area contributed by atoms with E-state index >= 15 is 0 Å². The molecule has 0 spiro atoms. The van der Waals surface area contributed by atoms with Gasteiger partial charge in [-0.05, 0) is 43.4 Å². The molecule has 0 saturated carbocycles. The molecule has 1 aromatic carbocycles. The van der Waals surface area contributed by atoms with Gasteiger partial charge in [-0.25, -0.2) is 0 Å². The Hall–Kier alpha value is -2.08. The Kier molecular flexibility index (Phi) is 5.91. The monoisotopic (exact) mass is 346 g/mol. The summed E-state index contributed by atoms with van der Waals surface area (Å²) in [4.78, 5) is 28.8. The molecule has 1 aromatic rings.